The molecule has 3 aliphatic rings. The van der Waals surface area contributed by atoms with Gasteiger partial charge in [0.1, 0.15) is 5.69 Å². The quantitative estimate of drug-likeness (QED) is 0.575. The number of fused-ring (bicyclic) bond motifs is 2. The van der Waals surface area contributed by atoms with Crippen LogP contribution in [0, 0.1) is 0 Å². The fourth-order valence-corrected chi connectivity index (χ4v) is 5.61. The van der Waals surface area contributed by atoms with Crippen LogP contribution in [0.1, 0.15) is 54.0 Å². The zero-order valence-electron chi connectivity index (χ0n) is 19.3. The summed E-state index contributed by atoms with van der Waals surface area (Å²) in [7, 11) is -3.41. The van der Waals surface area contributed by atoms with Crippen LogP contribution in [0.5, 0.6) is 0 Å². The maximum absolute atomic E-state index is 12.6. The lowest BCUT2D eigenvalue weighted by molar-refractivity contribution is 0.0800. The van der Waals surface area contributed by atoms with E-state index < -0.39 is 9.84 Å². The molecule has 1 fully saturated rings. The third kappa shape index (κ3) is 4.14. The number of nitrogens with one attached hydrogen (secondary N) is 1. The van der Waals surface area contributed by atoms with Gasteiger partial charge in [0.15, 0.2) is 9.84 Å². The van der Waals surface area contributed by atoms with Crippen molar-refractivity contribution < 1.29 is 13.2 Å². The monoisotopic (exact) mass is 477 g/mol. The highest BCUT2D eigenvalue weighted by Crippen LogP contribution is 2.43. The summed E-state index contributed by atoms with van der Waals surface area (Å²) >= 11 is 0. The molecule has 0 saturated heterocycles. The maximum atomic E-state index is 12.6. The molecule has 2 aromatic heterocycles. The summed E-state index contributed by atoms with van der Waals surface area (Å²) in [6.45, 7) is 4.01. The first-order chi connectivity index (χ1) is 16.3. The topological polar surface area (TPSA) is 98.5 Å². The molecule has 1 N–H and O–H groups in total. The first kappa shape index (κ1) is 21.5. The third-order valence-corrected chi connectivity index (χ3v) is 7.68. The van der Waals surface area contributed by atoms with Crippen LogP contribution in [0.2, 0.25) is 0 Å². The number of nitrogens with zero attached hydrogens (tertiary/aromatic N) is 4. The normalized spacial score (nSPS) is 17.3. The second kappa shape index (κ2) is 8.02. The summed E-state index contributed by atoms with van der Waals surface area (Å²) in [5.74, 6) is 0.477. The van der Waals surface area contributed by atoms with Crippen LogP contribution in [-0.4, -0.2) is 41.8 Å². The van der Waals surface area contributed by atoms with Crippen LogP contribution in [0.15, 0.2) is 40.2 Å². The number of aromatic nitrogens is 3. The van der Waals surface area contributed by atoms with E-state index in [1.165, 1.54) is 6.26 Å². The second-order valence-electron chi connectivity index (χ2n) is 9.49. The molecule has 34 heavy (non-hydrogen) atoms. The molecule has 0 unspecified atom stereocenters. The standard InChI is InChI=1S/C25H27N5O3S/c1-15-9-22-25(26-15)23(13-18(27-22)11-19-12-20-14-33-8-7-30(20)29-19)28-21-6-5-17(16-3-4-16)10-24(21)34(2,31)32/h5-6,10,12-13,16H,3-4,7-9,11,14H2,1-2H3,(H,27,28). The summed E-state index contributed by atoms with van der Waals surface area (Å²) in [4.78, 5) is 9.90. The Morgan fingerprint density at radius 2 is 2.00 bits per heavy atom. The minimum absolute atomic E-state index is 0.324. The first-order valence-corrected chi connectivity index (χ1v) is 13.5. The molecule has 8 nitrogen and oxygen atoms in total. The van der Waals surface area contributed by atoms with E-state index in [0.717, 1.165) is 64.8 Å². The van der Waals surface area contributed by atoms with Crippen molar-refractivity contribution in [1.29, 1.82) is 0 Å². The summed E-state index contributed by atoms with van der Waals surface area (Å²) in [5, 5.41) is 8.10. The second-order valence-corrected chi connectivity index (χ2v) is 11.5. The van der Waals surface area contributed by atoms with Crippen molar-refractivity contribution in [2.24, 2.45) is 4.99 Å². The highest BCUT2D eigenvalue weighted by atomic mass is 32.2. The lowest BCUT2D eigenvalue weighted by Crippen LogP contribution is -2.16. The molecule has 176 valence electrons. The summed E-state index contributed by atoms with van der Waals surface area (Å²) in [6.07, 6.45) is 4.77. The van der Waals surface area contributed by atoms with Crippen molar-refractivity contribution in [3.05, 3.63) is 58.7 Å². The van der Waals surface area contributed by atoms with Gasteiger partial charge in [-0.1, -0.05) is 6.07 Å². The molecule has 6 rings (SSSR count). The van der Waals surface area contributed by atoms with Gasteiger partial charge in [0.2, 0.25) is 0 Å². The Morgan fingerprint density at radius 3 is 2.76 bits per heavy atom. The Hall–Kier alpha value is -3.04. The first-order valence-electron chi connectivity index (χ1n) is 11.6. The number of hydrogen-bond donors (Lipinski definition) is 1. The van der Waals surface area contributed by atoms with E-state index in [4.69, 9.17) is 19.8 Å². The van der Waals surface area contributed by atoms with Gasteiger partial charge in [-0.15, -0.1) is 0 Å². The van der Waals surface area contributed by atoms with Crippen molar-refractivity contribution in [3.8, 4) is 0 Å². The predicted molar refractivity (Wildman–Crippen MR) is 130 cm³/mol. The zero-order chi connectivity index (χ0) is 23.4. The fraction of sp³-hybridized carbons (Fsp3) is 0.400. The highest BCUT2D eigenvalue weighted by Gasteiger charge is 2.27. The number of ether oxygens (including phenoxy) is 1. The van der Waals surface area contributed by atoms with Gasteiger partial charge >= 0.3 is 0 Å². The van der Waals surface area contributed by atoms with Crippen LogP contribution in [0.25, 0.3) is 0 Å². The molecule has 4 heterocycles. The minimum Gasteiger partial charge on any atom is -0.373 e. The third-order valence-electron chi connectivity index (χ3n) is 6.54. The molecular formula is C25H27N5O3S. The zero-order valence-corrected chi connectivity index (χ0v) is 20.2. The van der Waals surface area contributed by atoms with Gasteiger partial charge in [-0.2, -0.15) is 5.10 Å². The van der Waals surface area contributed by atoms with Gasteiger partial charge in [0.05, 0.1) is 53.1 Å². The number of pyridine rings is 1. The average molecular weight is 478 g/mol. The molecule has 9 heteroatoms. The van der Waals surface area contributed by atoms with E-state index in [-0.39, 0.29) is 0 Å². The fourth-order valence-electron chi connectivity index (χ4n) is 4.74. The van der Waals surface area contributed by atoms with Crippen molar-refractivity contribution in [1.82, 2.24) is 14.8 Å². The van der Waals surface area contributed by atoms with E-state index in [1.54, 1.807) is 0 Å². The average Bonchev–Trinajstić information content (AvgIpc) is 3.44. The van der Waals surface area contributed by atoms with Crippen molar-refractivity contribution >= 4 is 32.6 Å². The van der Waals surface area contributed by atoms with Crippen LogP contribution >= 0.6 is 0 Å². The largest absolute Gasteiger partial charge is 0.373 e. The molecule has 0 bridgehead atoms. The number of hydrogen-bond acceptors (Lipinski definition) is 7. The number of sulfone groups is 1. The van der Waals surface area contributed by atoms with Gasteiger partial charge in [0, 0.05) is 30.5 Å². The predicted octanol–water partition coefficient (Wildman–Crippen LogP) is 4.07. The molecule has 0 atom stereocenters. The number of benzene rings is 1. The van der Waals surface area contributed by atoms with E-state index in [2.05, 4.69) is 11.4 Å². The number of anilines is 2. The molecular weight excluding hydrogens is 450 g/mol. The van der Waals surface area contributed by atoms with Crippen molar-refractivity contribution in [3.63, 3.8) is 0 Å². The Bertz CT molecular complexity index is 1410. The van der Waals surface area contributed by atoms with E-state index in [0.29, 0.717) is 42.6 Å². The highest BCUT2D eigenvalue weighted by molar-refractivity contribution is 7.90. The summed E-state index contributed by atoms with van der Waals surface area (Å²) < 4.78 is 32.8. The molecule has 0 amide bonds. The molecule has 3 aromatic rings. The van der Waals surface area contributed by atoms with Gasteiger partial charge in [-0.25, -0.2) is 8.42 Å². The Kier molecular flexibility index (Phi) is 5.07. The Balaban J connectivity index is 1.37. The molecule has 0 spiro atoms. The molecule has 2 aliphatic heterocycles. The van der Waals surface area contributed by atoms with E-state index in [1.807, 2.05) is 35.9 Å². The Labute approximate surface area is 199 Å². The maximum Gasteiger partial charge on any atom is 0.177 e. The molecule has 1 aliphatic carbocycles. The van der Waals surface area contributed by atoms with Crippen LogP contribution in [0.4, 0.5) is 17.1 Å². The van der Waals surface area contributed by atoms with Gasteiger partial charge < -0.3 is 10.1 Å². The van der Waals surface area contributed by atoms with E-state index >= 15 is 0 Å². The van der Waals surface area contributed by atoms with Crippen LogP contribution in [0.3, 0.4) is 0 Å². The number of aliphatic imine (C=N–C) groups is 1. The van der Waals surface area contributed by atoms with Crippen molar-refractivity contribution in [2.75, 3.05) is 18.2 Å². The van der Waals surface area contributed by atoms with Gasteiger partial charge in [0.25, 0.3) is 0 Å². The van der Waals surface area contributed by atoms with Crippen LogP contribution in [-0.2, 0) is 40.6 Å². The molecule has 1 aromatic carbocycles. The summed E-state index contributed by atoms with van der Waals surface area (Å²) in [6, 6.07) is 9.77. The SMILES string of the molecule is CC1=Nc2c(Nc3ccc(C4CC4)cc3S(C)(=O)=O)cc(Cc3cc4n(n3)CCOC4)nc2C1. The van der Waals surface area contributed by atoms with Gasteiger partial charge in [-0.3, -0.25) is 14.7 Å². The lowest BCUT2D eigenvalue weighted by atomic mass is 10.1. The summed E-state index contributed by atoms with van der Waals surface area (Å²) in [5.41, 5.74) is 8.00. The van der Waals surface area contributed by atoms with E-state index in [9.17, 15) is 8.42 Å². The van der Waals surface area contributed by atoms with Crippen molar-refractivity contribution in [2.45, 2.75) is 56.6 Å². The smallest absolute Gasteiger partial charge is 0.177 e. The minimum atomic E-state index is -3.41. The Morgan fingerprint density at radius 1 is 1.15 bits per heavy atom. The molecule has 1 saturated carbocycles. The number of rotatable bonds is 6. The van der Waals surface area contributed by atoms with Gasteiger partial charge in [-0.05, 0) is 55.5 Å². The lowest BCUT2D eigenvalue weighted by Gasteiger charge is -2.15. The molecule has 0 radical (unpaired) electrons. The van der Waals surface area contributed by atoms with Crippen LogP contribution < -0.4 is 5.32 Å².